The van der Waals surface area contributed by atoms with Gasteiger partial charge in [-0.1, -0.05) is 133 Å². The van der Waals surface area contributed by atoms with Crippen molar-refractivity contribution in [3.05, 3.63) is 182 Å². The molecule has 0 saturated carbocycles. The second kappa shape index (κ2) is 11.8. The van der Waals surface area contributed by atoms with Gasteiger partial charge in [-0.3, -0.25) is 0 Å². The molecule has 0 aliphatic heterocycles. The molecule has 0 atom stereocenters. The van der Waals surface area contributed by atoms with E-state index >= 15 is 0 Å². The lowest BCUT2D eigenvalue weighted by Crippen LogP contribution is -1.91. The molecule has 0 N–H and O–H groups in total. The van der Waals surface area contributed by atoms with E-state index in [0.29, 0.717) is 0 Å². The van der Waals surface area contributed by atoms with E-state index in [2.05, 4.69) is 164 Å². The van der Waals surface area contributed by atoms with Gasteiger partial charge in [0.15, 0.2) is 11.2 Å². The molecule has 0 unspecified atom stereocenters. The molecule has 0 spiro atoms. The molecule has 2 nitrogen and oxygen atoms in total. The largest absolute Gasteiger partial charge is 0.452 e. The van der Waals surface area contributed by atoms with Gasteiger partial charge in [0.1, 0.15) is 11.2 Å². The summed E-state index contributed by atoms with van der Waals surface area (Å²) in [7, 11) is 0. The Morgan fingerprint density at radius 2 is 0.836 bits per heavy atom. The van der Waals surface area contributed by atoms with Crippen molar-refractivity contribution in [1.29, 1.82) is 0 Å². The quantitative estimate of drug-likeness (QED) is 0.169. The number of thiophene rings is 1. The van der Waals surface area contributed by atoms with Gasteiger partial charge in [-0.15, -0.1) is 11.3 Å². The minimum absolute atomic E-state index is 0.794. The molecule has 55 heavy (non-hydrogen) atoms. The smallest absolute Gasteiger partial charge is 0.178 e. The Hall–Kier alpha value is -6.94. The molecule has 0 aliphatic carbocycles. The van der Waals surface area contributed by atoms with Crippen molar-refractivity contribution in [3.63, 3.8) is 0 Å². The summed E-state index contributed by atoms with van der Waals surface area (Å²) in [6.07, 6.45) is 0. The van der Waals surface area contributed by atoms with Crippen molar-refractivity contribution in [2.24, 2.45) is 0 Å². The summed E-state index contributed by atoms with van der Waals surface area (Å²) in [5.41, 5.74) is 11.8. The topological polar surface area (TPSA) is 26.3 Å². The highest BCUT2D eigenvalue weighted by Gasteiger charge is 2.19. The van der Waals surface area contributed by atoms with E-state index in [1.54, 1.807) is 0 Å². The first-order valence-corrected chi connectivity index (χ1v) is 19.5. The lowest BCUT2D eigenvalue weighted by atomic mass is 9.85. The first kappa shape index (κ1) is 30.5. The standard InChI is InChI=1S/C52H30O2S/c1-8-19-47-35(10-1)30-48(55-47)31-20-22-32(23-21-31)49-38-14-2-4-16-40(38)50(41-17-5-3-15-39(41)49)36-12-9-11-33(28-36)34-24-27-46-44(29-34)43-26-25-42-37-13-6-7-18-45(37)53-51(42)52(43)54-46/h1-30H. The Labute approximate surface area is 320 Å². The average Bonchev–Trinajstić information content (AvgIpc) is 3.96. The summed E-state index contributed by atoms with van der Waals surface area (Å²) >= 11 is 1.85. The third-order valence-corrected chi connectivity index (χ3v) is 12.4. The maximum atomic E-state index is 6.47. The minimum Gasteiger partial charge on any atom is -0.452 e. The number of hydrogen-bond donors (Lipinski definition) is 0. The van der Waals surface area contributed by atoms with Gasteiger partial charge >= 0.3 is 0 Å². The fraction of sp³-hybridized carbons (Fsp3) is 0. The molecule has 0 saturated heterocycles. The monoisotopic (exact) mass is 718 g/mol. The second-order valence-electron chi connectivity index (χ2n) is 14.4. The zero-order chi connectivity index (χ0) is 36.0. The van der Waals surface area contributed by atoms with Crippen LogP contribution in [0.3, 0.4) is 0 Å². The van der Waals surface area contributed by atoms with Gasteiger partial charge in [0.2, 0.25) is 0 Å². The Kier molecular flexibility index (Phi) is 6.54. The van der Waals surface area contributed by atoms with Crippen molar-refractivity contribution in [1.82, 2.24) is 0 Å². The van der Waals surface area contributed by atoms with Gasteiger partial charge < -0.3 is 8.83 Å². The third kappa shape index (κ3) is 4.67. The van der Waals surface area contributed by atoms with E-state index in [4.69, 9.17) is 8.83 Å². The van der Waals surface area contributed by atoms with Crippen molar-refractivity contribution in [2.45, 2.75) is 0 Å². The van der Waals surface area contributed by atoms with Crippen LogP contribution in [0.25, 0.3) is 119 Å². The number of furan rings is 2. The van der Waals surface area contributed by atoms with Gasteiger partial charge in [-0.2, -0.15) is 0 Å². The zero-order valence-corrected chi connectivity index (χ0v) is 30.4. The number of para-hydroxylation sites is 1. The SMILES string of the molecule is c1cc(-c2ccc3oc4c(ccc5c6ccccc6oc54)c3c2)cc(-c2c3ccccc3c(-c3ccc(-c4cc5ccccc5s4)cc3)c3ccccc23)c1. The highest BCUT2D eigenvalue weighted by Crippen LogP contribution is 2.46. The van der Waals surface area contributed by atoms with E-state index < -0.39 is 0 Å². The van der Waals surface area contributed by atoms with Gasteiger partial charge in [0, 0.05) is 31.1 Å². The van der Waals surface area contributed by atoms with Gasteiger partial charge in [0.05, 0.1) is 0 Å². The number of hydrogen-bond acceptors (Lipinski definition) is 3. The molecular weight excluding hydrogens is 689 g/mol. The summed E-state index contributed by atoms with van der Waals surface area (Å²) < 4.78 is 14.1. The third-order valence-electron chi connectivity index (χ3n) is 11.3. The predicted molar refractivity (Wildman–Crippen MR) is 233 cm³/mol. The molecule has 12 rings (SSSR count). The fourth-order valence-electron chi connectivity index (χ4n) is 8.73. The zero-order valence-electron chi connectivity index (χ0n) is 29.5. The van der Waals surface area contributed by atoms with Crippen LogP contribution in [0.5, 0.6) is 0 Å². The summed E-state index contributed by atoms with van der Waals surface area (Å²) in [6.45, 7) is 0. The van der Waals surface area contributed by atoms with Crippen LogP contribution in [0, 0.1) is 0 Å². The number of fused-ring (bicyclic) bond motifs is 10. The highest BCUT2D eigenvalue weighted by molar-refractivity contribution is 7.22. The molecule has 256 valence electrons. The average molecular weight is 719 g/mol. The highest BCUT2D eigenvalue weighted by atomic mass is 32.1. The van der Waals surface area contributed by atoms with E-state index in [0.717, 1.165) is 55.0 Å². The molecule has 3 aromatic heterocycles. The molecule has 12 aromatic rings. The first-order valence-electron chi connectivity index (χ1n) is 18.7. The van der Waals surface area contributed by atoms with Gasteiger partial charge in [-0.25, -0.2) is 0 Å². The van der Waals surface area contributed by atoms with Crippen LogP contribution in [0.4, 0.5) is 0 Å². The van der Waals surface area contributed by atoms with Crippen LogP contribution < -0.4 is 0 Å². The van der Waals surface area contributed by atoms with Gasteiger partial charge in [-0.05, 0) is 114 Å². The second-order valence-corrected chi connectivity index (χ2v) is 15.5. The Morgan fingerprint density at radius 1 is 0.309 bits per heavy atom. The molecule has 0 bridgehead atoms. The number of benzene rings is 9. The van der Waals surface area contributed by atoms with Crippen LogP contribution in [0.2, 0.25) is 0 Å². The Balaban J connectivity index is 0.992. The summed E-state index contributed by atoms with van der Waals surface area (Å²) in [6, 6.07) is 65.8. The van der Waals surface area contributed by atoms with Crippen LogP contribution in [-0.2, 0) is 0 Å². The summed E-state index contributed by atoms with van der Waals surface area (Å²) in [5.74, 6) is 0. The molecule has 0 radical (unpaired) electrons. The molecule has 0 amide bonds. The van der Waals surface area contributed by atoms with Crippen LogP contribution in [0.1, 0.15) is 0 Å². The lowest BCUT2D eigenvalue weighted by molar-refractivity contribution is 0.633. The van der Waals surface area contributed by atoms with Crippen molar-refractivity contribution in [2.75, 3.05) is 0 Å². The fourth-order valence-corrected chi connectivity index (χ4v) is 9.79. The molecule has 0 fully saturated rings. The van der Waals surface area contributed by atoms with Crippen LogP contribution in [-0.4, -0.2) is 0 Å². The molecular formula is C52H30O2S. The Bertz CT molecular complexity index is 3400. The van der Waals surface area contributed by atoms with Crippen molar-refractivity contribution < 1.29 is 8.83 Å². The summed E-state index contributed by atoms with van der Waals surface area (Å²) in [4.78, 5) is 1.29. The van der Waals surface area contributed by atoms with E-state index in [-0.39, 0.29) is 0 Å². The predicted octanol–water partition coefficient (Wildman–Crippen LogP) is 15.7. The van der Waals surface area contributed by atoms with Crippen LogP contribution >= 0.6 is 11.3 Å². The molecule has 3 heterocycles. The minimum atomic E-state index is 0.794. The van der Waals surface area contributed by atoms with Gasteiger partial charge in [0.25, 0.3) is 0 Å². The van der Waals surface area contributed by atoms with E-state index in [1.165, 1.54) is 64.3 Å². The maximum absolute atomic E-state index is 6.47. The molecule has 0 aliphatic rings. The van der Waals surface area contributed by atoms with Crippen LogP contribution in [0.15, 0.2) is 191 Å². The first-order chi connectivity index (χ1) is 27.2. The Morgan fingerprint density at radius 3 is 1.55 bits per heavy atom. The van der Waals surface area contributed by atoms with Crippen molar-refractivity contribution in [3.8, 4) is 43.8 Å². The van der Waals surface area contributed by atoms with Crippen molar-refractivity contribution >= 4 is 86.8 Å². The lowest BCUT2D eigenvalue weighted by Gasteiger charge is -2.18. The van der Waals surface area contributed by atoms with E-state index in [1.807, 2.05) is 29.5 Å². The summed E-state index contributed by atoms with van der Waals surface area (Å²) in [5, 5.41) is 10.6. The normalized spacial score (nSPS) is 12.0. The number of rotatable bonds is 4. The molecule has 9 aromatic carbocycles. The maximum Gasteiger partial charge on any atom is 0.178 e. The van der Waals surface area contributed by atoms with E-state index in [9.17, 15) is 0 Å². The molecule has 3 heteroatoms.